The van der Waals surface area contributed by atoms with Gasteiger partial charge in [0.25, 0.3) is 5.91 Å². The lowest BCUT2D eigenvalue weighted by atomic mass is 10.1. The number of hydrogen-bond donors (Lipinski definition) is 1. The van der Waals surface area contributed by atoms with Crippen LogP contribution in [0.5, 0.6) is 11.5 Å². The van der Waals surface area contributed by atoms with Crippen molar-refractivity contribution in [2.75, 3.05) is 26.6 Å². The fourth-order valence-corrected chi connectivity index (χ4v) is 2.09. The Bertz CT molecular complexity index is 655. The summed E-state index contributed by atoms with van der Waals surface area (Å²) >= 11 is 0. The monoisotopic (exact) mass is 301 g/mol. The fourth-order valence-electron chi connectivity index (χ4n) is 2.09. The van der Waals surface area contributed by atoms with Gasteiger partial charge in [-0.25, -0.2) is 0 Å². The van der Waals surface area contributed by atoms with Crippen LogP contribution in [0.3, 0.4) is 0 Å². The molecule has 0 saturated heterocycles. The lowest BCUT2D eigenvalue weighted by molar-refractivity contribution is 0.102. The van der Waals surface area contributed by atoms with Crippen molar-refractivity contribution in [3.63, 3.8) is 0 Å². The van der Waals surface area contributed by atoms with Crippen LogP contribution in [0, 0.1) is 0 Å². The van der Waals surface area contributed by atoms with E-state index in [0.29, 0.717) is 29.4 Å². The van der Waals surface area contributed by atoms with Gasteiger partial charge in [0, 0.05) is 18.9 Å². The number of carbonyl (C=O) groups is 1. The lowest BCUT2D eigenvalue weighted by Gasteiger charge is -2.11. The largest absolute Gasteiger partial charge is 0.497 e. The highest BCUT2D eigenvalue weighted by Crippen LogP contribution is 2.25. The van der Waals surface area contributed by atoms with E-state index in [1.54, 1.807) is 32.4 Å². The first-order chi connectivity index (χ1) is 10.7. The van der Waals surface area contributed by atoms with E-state index in [4.69, 9.17) is 14.2 Å². The summed E-state index contributed by atoms with van der Waals surface area (Å²) in [4.78, 5) is 12.4. The Morgan fingerprint density at radius 3 is 2.55 bits per heavy atom. The molecule has 2 aromatic carbocycles. The normalized spacial score (nSPS) is 10.1. The molecule has 0 aliphatic rings. The summed E-state index contributed by atoms with van der Waals surface area (Å²) in [5, 5.41) is 2.85. The minimum absolute atomic E-state index is 0.242. The van der Waals surface area contributed by atoms with Crippen molar-refractivity contribution in [3.8, 4) is 11.5 Å². The minimum atomic E-state index is -0.242. The van der Waals surface area contributed by atoms with Gasteiger partial charge in [-0.2, -0.15) is 0 Å². The van der Waals surface area contributed by atoms with Crippen LogP contribution in [-0.4, -0.2) is 27.2 Å². The number of rotatable bonds is 6. The van der Waals surface area contributed by atoms with E-state index < -0.39 is 0 Å². The molecule has 0 atom stereocenters. The smallest absolute Gasteiger partial charge is 0.259 e. The number of anilines is 1. The van der Waals surface area contributed by atoms with Crippen molar-refractivity contribution < 1.29 is 19.0 Å². The maximum atomic E-state index is 12.4. The van der Waals surface area contributed by atoms with E-state index in [0.717, 1.165) is 5.56 Å². The Morgan fingerprint density at radius 1 is 1.05 bits per heavy atom. The van der Waals surface area contributed by atoms with Crippen molar-refractivity contribution >= 4 is 11.6 Å². The van der Waals surface area contributed by atoms with E-state index >= 15 is 0 Å². The van der Waals surface area contributed by atoms with Crippen LogP contribution < -0.4 is 14.8 Å². The molecule has 5 nitrogen and oxygen atoms in total. The Hall–Kier alpha value is -2.53. The summed E-state index contributed by atoms with van der Waals surface area (Å²) in [6.07, 6.45) is 0. The molecular weight excluding hydrogens is 282 g/mol. The van der Waals surface area contributed by atoms with Gasteiger partial charge in [0.15, 0.2) is 0 Å². The molecule has 0 spiro atoms. The molecular formula is C17H19NO4. The quantitative estimate of drug-likeness (QED) is 0.890. The average Bonchev–Trinajstić information content (AvgIpc) is 2.54. The second-order valence-electron chi connectivity index (χ2n) is 4.65. The van der Waals surface area contributed by atoms with E-state index in [-0.39, 0.29) is 5.91 Å². The molecule has 2 aromatic rings. The Balaban J connectivity index is 2.20. The van der Waals surface area contributed by atoms with Crippen molar-refractivity contribution in [3.05, 3.63) is 53.6 Å². The highest BCUT2D eigenvalue weighted by molar-refractivity contribution is 6.06. The van der Waals surface area contributed by atoms with Gasteiger partial charge in [0.1, 0.15) is 11.5 Å². The summed E-state index contributed by atoms with van der Waals surface area (Å²) in [6.45, 7) is 0.496. The first-order valence-corrected chi connectivity index (χ1v) is 6.79. The summed E-state index contributed by atoms with van der Waals surface area (Å²) < 4.78 is 15.5. The zero-order valence-electron chi connectivity index (χ0n) is 12.9. The standard InChI is InChI=1S/C17H19NO4/c1-20-11-12-5-4-6-13(9-12)18-17(19)15-8-7-14(21-2)10-16(15)22-3/h4-10H,11H2,1-3H3,(H,18,19). The van der Waals surface area contributed by atoms with Crippen LogP contribution in [0.15, 0.2) is 42.5 Å². The van der Waals surface area contributed by atoms with Crippen molar-refractivity contribution in [2.24, 2.45) is 0 Å². The molecule has 1 amide bonds. The molecule has 0 unspecified atom stereocenters. The second kappa shape index (κ2) is 7.47. The van der Waals surface area contributed by atoms with Gasteiger partial charge in [-0.05, 0) is 29.8 Å². The zero-order valence-corrected chi connectivity index (χ0v) is 12.9. The first kappa shape index (κ1) is 15.9. The molecule has 0 fully saturated rings. The SMILES string of the molecule is COCc1cccc(NC(=O)c2ccc(OC)cc2OC)c1. The molecule has 0 aliphatic carbocycles. The maximum absolute atomic E-state index is 12.4. The van der Waals surface area contributed by atoms with Crippen LogP contribution in [0.25, 0.3) is 0 Å². The van der Waals surface area contributed by atoms with Gasteiger partial charge in [0.2, 0.25) is 0 Å². The zero-order chi connectivity index (χ0) is 15.9. The number of nitrogens with one attached hydrogen (secondary N) is 1. The number of amides is 1. The first-order valence-electron chi connectivity index (χ1n) is 6.79. The van der Waals surface area contributed by atoms with Gasteiger partial charge >= 0.3 is 0 Å². The van der Waals surface area contributed by atoms with Gasteiger partial charge in [0.05, 0.1) is 26.4 Å². The van der Waals surface area contributed by atoms with E-state index in [1.807, 2.05) is 24.3 Å². The molecule has 0 aromatic heterocycles. The van der Waals surface area contributed by atoms with Crippen LogP contribution >= 0.6 is 0 Å². The Kier molecular flexibility index (Phi) is 5.38. The van der Waals surface area contributed by atoms with Crippen LogP contribution in [0.1, 0.15) is 15.9 Å². The molecule has 116 valence electrons. The molecule has 0 saturated carbocycles. The molecule has 0 bridgehead atoms. The second-order valence-corrected chi connectivity index (χ2v) is 4.65. The van der Waals surface area contributed by atoms with E-state index in [2.05, 4.69) is 5.32 Å². The molecule has 0 aliphatic heterocycles. The van der Waals surface area contributed by atoms with E-state index in [1.165, 1.54) is 7.11 Å². The number of methoxy groups -OCH3 is 3. The Labute approximate surface area is 129 Å². The van der Waals surface area contributed by atoms with Gasteiger partial charge < -0.3 is 19.5 Å². The maximum Gasteiger partial charge on any atom is 0.259 e. The molecule has 22 heavy (non-hydrogen) atoms. The third-order valence-electron chi connectivity index (χ3n) is 3.15. The molecule has 5 heteroatoms. The molecule has 0 heterocycles. The molecule has 2 rings (SSSR count). The topological polar surface area (TPSA) is 56.8 Å². The number of benzene rings is 2. The predicted octanol–water partition coefficient (Wildman–Crippen LogP) is 3.10. The summed E-state index contributed by atoms with van der Waals surface area (Å²) in [6, 6.07) is 12.6. The minimum Gasteiger partial charge on any atom is -0.497 e. The molecule has 1 N–H and O–H groups in total. The third-order valence-corrected chi connectivity index (χ3v) is 3.15. The average molecular weight is 301 g/mol. The van der Waals surface area contributed by atoms with Crippen molar-refractivity contribution in [1.82, 2.24) is 0 Å². The summed E-state index contributed by atoms with van der Waals surface area (Å²) in [5.74, 6) is 0.856. The van der Waals surface area contributed by atoms with Crippen LogP contribution in [0.2, 0.25) is 0 Å². The van der Waals surface area contributed by atoms with Crippen LogP contribution in [-0.2, 0) is 11.3 Å². The summed E-state index contributed by atoms with van der Waals surface area (Å²) in [5.41, 5.74) is 2.14. The highest BCUT2D eigenvalue weighted by atomic mass is 16.5. The number of hydrogen-bond acceptors (Lipinski definition) is 4. The lowest BCUT2D eigenvalue weighted by Crippen LogP contribution is -2.13. The number of carbonyl (C=O) groups excluding carboxylic acids is 1. The third kappa shape index (κ3) is 3.77. The number of ether oxygens (including phenoxy) is 3. The van der Waals surface area contributed by atoms with Gasteiger partial charge in [-0.1, -0.05) is 12.1 Å². The van der Waals surface area contributed by atoms with Crippen LogP contribution in [0.4, 0.5) is 5.69 Å². The van der Waals surface area contributed by atoms with Gasteiger partial charge in [-0.15, -0.1) is 0 Å². The molecule has 0 radical (unpaired) electrons. The van der Waals surface area contributed by atoms with Gasteiger partial charge in [-0.3, -0.25) is 4.79 Å². The highest BCUT2D eigenvalue weighted by Gasteiger charge is 2.13. The van der Waals surface area contributed by atoms with E-state index in [9.17, 15) is 4.79 Å². The van der Waals surface area contributed by atoms with Crippen molar-refractivity contribution in [1.29, 1.82) is 0 Å². The van der Waals surface area contributed by atoms with Crippen molar-refractivity contribution in [2.45, 2.75) is 6.61 Å². The fraction of sp³-hybridized carbons (Fsp3) is 0.235. The summed E-state index contributed by atoms with van der Waals surface area (Å²) in [7, 11) is 4.72. The predicted molar refractivity (Wildman–Crippen MR) is 84.7 cm³/mol. The Morgan fingerprint density at radius 2 is 1.86 bits per heavy atom.